The van der Waals surface area contributed by atoms with E-state index in [0.29, 0.717) is 11.3 Å². The molecule has 2 aromatic carbocycles. The second-order valence-corrected chi connectivity index (χ2v) is 5.35. The molecule has 0 spiro atoms. The Morgan fingerprint density at radius 3 is 2.35 bits per heavy atom. The molecule has 0 saturated heterocycles. The Kier molecular flexibility index (Phi) is 4.60. The van der Waals surface area contributed by atoms with Crippen LogP contribution in [0.3, 0.4) is 0 Å². The molecule has 0 bridgehead atoms. The number of hydrogen-bond donors (Lipinski definition) is 1. The van der Waals surface area contributed by atoms with Crippen LogP contribution < -0.4 is 21.1 Å². The van der Waals surface area contributed by atoms with Crippen molar-refractivity contribution in [2.45, 2.75) is 33.2 Å². The summed E-state index contributed by atoms with van der Waals surface area (Å²) in [6.45, 7) is 5.16. The number of benzene rings is 1. The number of anilines is 3. The zero-order valence-corrected chi connectivity index (χ0v) is 13.2. The fraction of sp³-hybridized carbons (Fsp3) is 0.294. The summed E-state index contributed by atoms with van der Waals surface area (Å²) in [5.74, 6) is -0.381. The van der Waals surface area contributed by atoms with Crippen LogP contribution in [0.2, 0.25) is 0 Å². The van der Waals surface area contributed by atoms with Gasteiger partial charge in [-0.25, -0.2) is 0 Å². The van der Waals surface area contributed by atoms with Gasteiger partial charge in [0.2, 0.25) is 5.91 Å². The average molecular weight is 311 g/mol. The maximum atomic E-state index is 12.0. The van der Waals surface area contributed by atoms with Crippen molar-refractivity contribution >= 4 is 23.0 Å². The Labute approximate surface area is 133 Å². The number of carbonyl (C=O) groups excluding carboxylic acids is 1. The molecule has 1 atom stereocenters. The quantitative estimate of drug-likeness (QED) is 0.853. The van der Waals surface area contributed by atoms with Crippen molar-refractivity contribution in [3.8, 4) is 6.07 Å². The van der Waals surface area contributed by atoms with Gasteiger partial charge in [0, 0.05) is 18.7 Å². The number of hydrogen-bond acceptors (Lipinski definition) is 5. The summed E-state index contributed by atoms with van der Waals surface area (Å²) in [7, 11) is 0. The predicted octanol–water partition coefficient (Wildman–Crippen LogP) is 2.05. The van der Waals surface area contributed by atoms with Crippen LogP contribution in [0.5, 0.6) is 0 Å². The summed E-state index contributed by atoms with van der Waals surface area (Å²) in [5, 5.41) is 11.8. The molecule has 1 N–H and O–H groups in total. The Balaban J connectivity index is 2.49. The molecule has 23 heavy (non-hydrogen) atoms. The van der Waals surface area contributed by atoms with Gasteiger partial charge in [0.05, 0.1) is 11.6 Å². The van der Waals surface area contributed by atoms with Crippen molar-refractivity contribution in [2.24, 2.45) is 0 Å². The summed E-state index contributed by atoms with van der Waals surface area (Å²) >= 11 is 0. The monoisotopic (exact) mass is 311 g/mol. The smallest absolute Gasteiger partial charge is 0.254 e. The Morgan fingerprint density at radius 2 is 1.87 bits per heavy atom. The highest BCUT2D eigenvalue weighted by atomic mass is 16.2. The molecule has 0 aliphatic rings. The van der Waals surface area contributed by atoms with E-state index in [1.165, 1.54) is 11.8 Å². The standard InChI is InChI=1S/C17H17N3O3/c1-4-10(2)19-14-15(17(23)16(14)22)20(11(3)21)13-7-5-12(9-18)6-8-13/h5-8,10,19H,4H2,1-3H3. The number of nitrogens with one attached hydrogen (secondary N) is 1. The summed E-state index contributed by atoms with van der Waals surface area (Å²) in [6.07, 6.45) is 0.773. The topological polar surface area (TPSA) is 90.3 Å². The highest BCUT2D eigenvalue weighted by Gasteiger charge is 2.29. The van der Waals surface area contributed by atoms with Gasteiger partial charge in [0.25, 0.3) is 10.9 Å². The Morgan fingerprint density at radius 1 is 1.26 bits per heavy atom. The second kappa shape index (κ2) is 6.44. The molecule has 1 unspecified atom stereocenters. The van der Waals surface area contributed by atoms with Crippen LogP contribution in [0.15, 0.2) is 33.9 Å². The molecular weight excluding hydrogens is 294 g/mol. The minimum absolute atomic E-state index is 0.00632. The third-order valence-corrected chi connectivity index (χ3v) is 3.68. The van der Waals surface area contributed by atoms with Gasteiger partial charge in [0.15, 0.2) is 0 Å². The minimum atomic E-state index is -0.685. The molecule has 0 heterocycles. The molecule has 6 heteroatoms. The van der Waals surface area contributed by atoms with Crippen molar-refractivity contribution in [2.75, 3.05) is 10.2 Å². The maximum absolute atomic E-state index is 12.0. The molecule has 0 aromatic heterocycles. The van der Waals surface area contributed by atoms with E-state index in [9.17, 15) is 14.4 Å². The molecule has 2 aromatic rings. The van der Waals surface area contributed by atoms with E-state index in [1.807, 2.05) is 19.9 Å². The molecule has 118 valence electrons. The van der Waals surface area contributed by atoms with Gasteiger partial charge in [-0.15, -0.1) is 0 Å². The van der Waals surface area contributed by atoms with E-state index < -0.39 is 10.9 Å². The zero-order chi connectivity index (χ0) is 17.1. The lowest BCUT2D eigenvalue weighted by atomic mass is 10.1. The van der Waals surface area contributed by atoms with Gasteiger partial charge in [-0.05, 0) is 37.6 Å². The number of carbonyl (C=O) groups is 1. The molecule has 0 radical (unpaired) electrons. The lowest BCUT2D eigenvalue weighted by Gasteiger charge is -2.26. The predicted molar refractivity (Wildman–Crippen MR) is 88.7 cm³/mol. The van der Waals surface area contributed by atoms with Crippen LogP contribution in [0.4, 0.5) is 17.1 Å². The van der Waals surface area contributed by atoms with E-state index in [2.05, 4.69) is 5.32 Å². The molecule has 0 aliphatic heterocycles. The molecule has 2 rings (SSSR count). The van der Waals surface area contributed by atoms with E-state index in [1.54, 1.807) is 24.3 Å². The molecular formula is C17H17N3O3. The first-order valence-electron chi connectivity index (χ1n) is 7.31. The van der Waals surface area contributed by atoms with Crippen molar-refractivity contribution < 1.29 is 4.79 Å². The van der Waals surface area contributed by atoms with Crippen LogP contribution in [0.1, 0.15) is 32.8 Å². The fourth-order valence-electron chi connectivity index (χ4n) is 2.23. The van der Waals surface area contributed by atoms with E-state index >= 15 is 0 Å². The zero-order valence-electron chi connectivity index (χ0n) is 13.2. The van der Waals surface area contributed by atoms with Gasteiger partial charge in [-0.3, -0.25) is 19.3 Å². The average Bonchev–Trinajstić information content (AvgIpc) is 2.57. The van der Waals surface area contributed by atoms with Crippen molar-refractivity contribution in [1.82, 2.24) is 0 Å². The van der Waals surface area contributed by atoms with Crippen molar-refractivity contribution in [3.05, 3.63) is 50.3 Å². The van der Waals surface area contributed by atoms with E-state index in [-0.39, 0.29) is 23.3 Å². The van der Waals surface area contributed by atoms with Crippen LogP contribution >= 0.6 is 0 Å². The van der Waals surface area contributed by atoms with Crippen molar-refractivity contribution in [1.29, 1.82) is 5.26 Å². The molecule has 1 amide bonds. The second-order valence-electron chi connectivity index (χ2n) is 5.35. The SMILES string of the molecule is CCC(C)Nc1c(N(C(C)=O)c2ccc(C#N)cc2)c(=O)c1=O. The number of nitriles is 1. The normalized spacial score (nSPS) is 11.7. The summed E-state index contributed by atoms with van der Waals surface area (Å²) in [5.41, 5.74) is -0.178. The first-order valence-corrected chi connectivity index (χ1v) is 7.31. The van der Waals surface area contributed by atoms with Crippen molar-refractivity contribution in [3.63, 3.8) is 0 Å². The highest BCUT2D eigenvalue weighted by Crippen LogP contribution is 2.29. The molecule has 0 fully saturated rings. The lowest BCUT2D eigenvalue weighted by Crippen LogP contribution is -2.43. The Bertz CT molecular complexity index is 840. The largest absolute Gasteiger partial charge is 0.377 e. The van der Waals surface area contributed by atoms with E-state index in [0.717, 1.165) is 6.42 Å². The van der Waals surface area contributed by atoms with Crippen LogP contribution in [-0.4, -0.2) is 11.9 Å². The minimum Gasteiger partial charge on any atom is -0.377 e. The lowest BCUT2D eigenvalue weighted by molar-refractivity contribution is -0.115. The van der Waals surface area contributed by atoms with Crippen LogP contribution in [-0.2, 0) is 4.79 Å². The van der Waals surface area contributed by atoms with Crippen LogP contribution in [0.25, 0.3) is 0 Å². The third-order valence-electron chi connectivity index (χ3n) is 3.68. The van der Waals surface area contributed by atoms with Gasteiger partial charge < -0.3 is 5.32 Å². The van der Waals surface area contributed by atoms with Crippen LogP contribution in [0, 0.1) is 11.3 Å². The maximum Gasteiger partial charge on any atom is 0.254 e. The van der Waals surface area contributed by atoms with Gasteiger partial charge >= 0.3 is 0 Å². The van der Waals surface area contributed by atoms with Gasteiger partial charge in [-0.2, -0.15) is 5.26 Å². The summed E-state index contributed by atoms with van der Waals surface area (Å²) in [6, 6.07) is 8.25. The third kappa shape index (κ3) is 2.99. The van der Waals surface area contributed by atoms with Gasteiger partial charge in [0.1, 0.15) is 11.4 Å². The molecule has 6 nitrogen and oxygen atoms in total. The highest BCUT2D eigenvalue weighted by molar-refractivity contribution is 6.03. The number of amides is 1. The number of nitrogens with zero attached hydrogens (tertiary/aromatic N) is 2. The van der Waals surface area contributed by atoms with Gasteiger partial charge in [-0.1, -0.05) is 6.92 Å². The molecule has 0 aliphatic carbocycles. The molecule has 0 saturated carbocycles. The first kappa shape index (κ1) is 16.4. The summed E-state index contributed by atoms with van der Waals surface area (Å²) in [4.78, 5) is 37.0. The van der Waals surface area contributed by atoms with E-state index in [4.69, 9.17) is 5.26 Å². The Hall–Kier alpha value is -2.94. The first-order chi connectivity index (χ1) is 10.9. The number of rotatable bonds is 5. The summed E-state index contributed by atoms with van der Waals surface area (Å²) < 4.78 is 0. The fourth-order valence-corrected chi connectivity index (χ4v) is 2.23.